The molecule has 0 spiro atoms. The molecular weight excluding hydrogens is 405 g/mol. The molecule has 1 aromatic rings. The lowest BCUT2D eigenvalue weighted by molar-refractivity contribution is 0.812. The Labute approximate surface area is 134 Å². The Morgan fingerprint density at radius 1 is 1.44 bits per heavy atom. The van der Waals surface area contributed by atoms with Gasteiger partial charge in [0.1, 0.15) is 0 Å². The molecule has 18 heavy (non-hydrogen) atoms. The molecule has 1 aliphatic rings. The lowest BCUT2D eigenvalue weighted by atomic mass is 10.2. The molecule has 0 amide bonds. The fraction of sp³-hybridized carbons (Fsp3) is 0.462. The monoisotopic (exact) mass is 423 g/mol. The first-order valence-corrected chi connectivity index (χ1v) is 6.86. The van der Waals surface area contributed by atoms with Crippen LogP contribution in [0, 0.1) is 0 Å². The summed E-state index contributed by atoms with van der Waals surface area (Å²) in [6.07, 6.45) is 2.53. The molecule has 2 N–H and O–H groups in total. The number of guanidine groups is 1. The molecule has 2 rings (SSSR count). The summed E-state index contributed by atoms with van der Waals surface area (Å²) in [6.45, 7) is 3.70. The lowest BCUT2D eigenvalue weighted by Gasteiger charge is -2.10. The Kier molecular flexibility index (Phi) is 6.99. The summed E-state index contributed by atoms with van der Waals surface area (Å²) in [5.74, 6) is 0.926. The summed E-state index contributed by atoms with van der Waals surface area (Å²) in [4.78, 5) is 4.58. The minimum absolute atomic E-state index is 0. The summed E-state index contributed by atoms with van der Waals surface area (Å²) in [6, 6.07) is 8.89. The van der Waals surface area contributed by atoms with E-state index in [-0.39, 0.29) is 24.0 Å². The normalized spacial score (nSPS) is 14.9. The van der Waals surface area contributed by atoms with E-state index in [0.29, 0.717) is 12.6 Å². The van der Waals surface area contributed by atoms with Gasteiger partial charge in [0.2, 0.25) is 0 Å². The number of halogens is 2. The molecule has 3 nitrogen and oxygen atoms in total. The van der Waals surface area contributed by atoms with Crippen molar-refractivity contribution in [2.45, 2.75) is 32.4 Å². The minimum Gasteiger partial charge on any atom is -0.357 e. The van der Waals surface area contributed by atoms with Gasteiger partial charge in [-0.15, -0.1) is 24.0 Å². The van der Waals surface area contributed by atoms with Crippen LogP contribution in [0.15, 0.2) is 33.7 Å². The predicted octanol–water partition coefficient (Wildman–Crippen LogP) is 3.28. The Balaban J connectivity index is 0.00000162. The maximum atomic E-state index is 4.58. The molecule has 1 fully saturated rings. The molecule has 0 aromatic heterocycles. The quantitative estimate of drug-likeness (QED) is 0.443. The van der Waals surface area contributed by atoms with E-state index in [1.807, 2.05) is 12.1 Å². The highest BCUT2D eigenvalue weighted by Crippen LogP contribution is 2.18. The molecule has 0 bridgehead atoms. The van der Waals surface area contributed by atoms with Gasteiger partial charge < -0.3 is 10.6 Å². The fourth-order valence-corrected chi connectivity index (χ4v) is 1.99. The first kappa shape index (κ1) is 15.8. The number of nitrogens with zero attached hydrogens (tertiary/aromatic N) is 1. The maximum absolute atomic E-state index is 4.58. The van der Waals surface area contributed by atoms with Crippen molar-refractivity contribution in [1.82, 2.24) is 10.6 Å². The second-order valence-electron chi connectivity index (χ2n) is 4.24. The summed E-state index contributed by atoms with van der Waals surface area (Å²) >= 11 is 3.47. The zero-order valence-corrected chi connectivity index (χ0v) is 14.4. The average Bonchev–Trinajstić information content (AvgIpc) is 3.10. The molecule has 0 atom stereocenters. The third-order valence-corrected chi connectivity index (χ3v) is 3.06. The first-order chi connectivity index (χ1) is 8.28. The van der Waals surface area contributed by atoms with Crippen LogP contribution in [0.4, 0.5) is 0 Å². The van der Waals surface area contributed by atoms with Crippen LogP contribution in [0.2, 0.25) is 0 Å². The van der Waals surface area contributed by atoms with Crippen molar-refractivity contribution in [1.29, 1.82) is 0 Å². The van der Waals surface area contributed by atoms with E-state index < -0.39 is 0 Å². The van der Waals surface area contributed by atoms with Crippen molar-refractivity contribution >= 4 is 45.9 Å². The maximum Gasteiger partial charge on any atom is 0.191 e. The molecular formula is C13H19BrIN3. The van der Waals surface area contributed by atoms with Crippen LogP contribution < -0.4 is 10.6 Å². The van der Waals surface area contributed by atoms with Crippen LogP contribution in [-0.4, -0.2) is 18.5 Å². The predicted molar refractivity (Wildman–Crippen MR) is 90.5 cm³/mol. The van der Waals surface area contributed by atoms with Crippen LogP contribution in [-0.2, 0) is 6.54 Å². The fourth-order valence-electron chi connectivity index (χ4n) is 1.55. The van der Waals surface area contributed by atoms with Gasteiger partial charge in [0, 0.05) is 17.1 Å². The Hall–Kier alpha value is -0.300. The zero-order chi connectivity index (χ0) is 12.1. The minimum atomic E-state index is 0. The highest BCUT2D eigenvalue weighted by atomic mass is 127. The summed E-state index contributed by atoms with van der Waals surface area (Å²) in [7, 11) is 0. The number of nitrogens with one attached hydrogen (secondary N) is 2. The van der Waals surface area contributed by atoms with Gasteiger partial charge in [-0.2, -0.15) is 0 Å². The Morgan fingerprint density at radius 3 is 2.83 bits per heavy atom. The highest BCUT2D eigenvalue weighted by molar-refractivity contribution is 14.0. The van der Waals surface area contributed by atoms with E-state index in [0.717, 1.165) is 17.0 Å². The van der Waals surface area contributed by atoms with E-state index in [1.165, 1.54) is 18.4 Å². The number of aliphatic imine (C=N–C) groups is 1. The molecule has 0 heterocycles. The van der Waals surface area contributed by atoms with Crippen molar-refractivity contribution in [3.8, 4) is 0 Å². The average molecular weight is 424 g/mol. The molecule has 1 aromatic carbocycles. The SMILES string of the molecule is CCNC(=NCc1cccc(Br)c1)NC1CC1.I. The van der Waals surface area contributed by atoms with Crippen LogP contribution in [0.3, 0.4) is 0 Å². The van der Waals surface area contributed by atoms with Crippen LogP contribution in [0.1, 0.15) is 25.3 Å². The molecule has 100 valence electrons. The largest absolute Gasteiger partial charge is 0.357 e. The Bertz CT molecular complexity index is 405. The smallest absolute Gasteiger partial charge is 0.191 e. The second kappa shape index (κ2) is 7.99. The summed E-state index contributed by atoms with van der Waals surface area (Å²) in [5.41, 5.74) is 1.22. The van der Waals surface area contributed by atoms with Crippen molar-refractivity contribution < 1.29 is 0 Å². The standard InChI is InChI=1S/C13H18BrN3.HI/c1-2-15-13(17-12-6-7-12)16-9-10-4-3-5-11(14)8-10;/h3-5,8,12H,2,6-7,9H2,1H3,(H2,15,16,17);1H. The molecule has 0 aliphatic heterocycles. The molecule has 1 saturated carbocycles. The second-order valence-corrected chi connectivity index (χ2v) is 5.16. The van der Waals surface area contributed by atoms with Crippen molar-refractivity contribution in [2.24, 2.45) is 4.99 Å². The number of benzene rings is 1. The summed E-state index contributed by atoms with van der Waals surface area (Å²) in [5, 5.41) is 6.67. The topological polar surface area (TPSA) is 36.4 Å². The van der Waals surface area contributed by atoms with Crippen LogP contribution in [0.5, 0.6) is 0 Å². The lowest BCUT2D eigenvalue weighted by Crippen LogP contribution is -2.38. The van der Waals surface area contributed by atoms with E-state index in [4.69, 9.17) is 0 Å². The van der Waals surface area contributed by atoms with Gasteiger partial charge in [-0.3, -0.25) is 0 Å². The van der Waals surface area contributed by atoms with Gasteiger partial charge in [0.05, 0.1) is 6.54 Å². The van der Waals surface area contributed by atoms with Crippen LogP contribution >= 0.6 is 39.9 Å². The van der Waals surface area contributed by atoms with E-state index in [9.17, 15) is 0 Å². The van der Waals surface area contributed by atoms with Crippen LogP contribution in [0.25, 0.3) is 0 Å². The van der Waals surface area contributed by atoms with Crippen molar-refractivity contribution in [3.63, 3.8) is 0 Å². The van der Waals surface area contributed by atoms with Gasteiger partial charge in [0.15, 0.2) is 5.96 Å². The highest BCUT2D eigenvalue weighted by Gasteiger charge is 2.21. The van der Waals surface area contributed by atoms with Gasteiger partial charge in [-0.1, -0.05) is 28.1 Å². The third kappa shape index (κ3) is 5.56. The number of rotatable bonds is 4. The molecule has 0 saturated heterocycles. The van der Waals surface area contributed by atoms with E-state index in [1.54, 1.807) is 0 Å². The van der Waals surface area contributed by atoms with Gasteiger partial charge in [-0.25, -0.2) is 4.99 Å². The third-order valence-electron chi connectivity index (χ3n) is 2.57. The molecule has 5 heteroatoms. The number of hydrogen-bond donors (Lipinski definition) is 2. The Morgan fingerprint density at radius 2 is 2.22 bits per heavy atom. The number of hydrogen-bond acceptors (Lipinski definition) is 1. The van der Waals surface area contributed by atoms with Gasteiger partial charge in [0.25, 0.3) is 0 Å². The van der Waals surface area contributed by atoms with E-state index in [2.05, 4.69) is 50.6 Å². The van der Waals surface area contributed by atoms with E-state index >= 15 is 0 Å². The van der Waals surface area contributed by atoms with Crippen molar-refractivity contribution in [3.05, 3.63) is 34.3 Å². The molecule has 1 aliphatic carbocycles. The summed E-state index contributed by atoms with van der Waals surface area (Å²) < 4.78 is 1.10. The van der Waals surface area contributed by atoms with Gasteiger partial charge in [-0.05, 0) is 37.5 Å². The molecule has 0 radical (unpaired) electrons. The first-order valence-electron chi connectivity index (χ1n) is 6.07. The van der Waals surface area contributed by atoms with Crippen molar-refractivity contribution in [2.75, 3.05) is 6.54 Å². The zero-order valence-electron chi connectivity index (χ0n) is 10.4. The molecule has 0 unspecified atom stereocenters. The van der Waals surface area contributed by atoms with Gasteiger partial charge >= 0.3 is 0 Å².